The molecule has 0 aliphatic heterocycles. The fourth-order valence-corrected chi connectivity index (χ4v) is 2.29. The van der Waals surface area contributed by atoms with E-state index in [0.29, 0.717) is 6.04 Å². The summed E-state index contributed by atoms with van der Waals surface area (Å²) < 4.78 is 0.874. The molecule has 0 heterocycles. The summed E-state index contributed by atoms with van der Waals surface area (Å²) in [5, 5.41) is 3.02. The predicted octanol–water partition coefficient (Wildman–Crippen LogP) is 3.04. The first-order valence-electron chi connectivity index (χ1n) is 5.24. The van der Waals surface area contributed by atoms with E-state index in [1.165, 1.54) is 6.42 Å². The number of hydrogen-bond donors (Lipinski definition) is 1. The van der Waals surface area contributed by atoms with Gasteiger partial charge in [-0.15, -0.1) is 0 Å². The molecule has 1 N–H and O–H groups in total. The smallest absolute Gasteiger partial charge is 0.252 e. The van der Waals surface area contributed by atoms with Gasteiger partial charge < -0.3 is 5.32 Å². The lowest BCUT2D eigenvalue weighted by molar-refractivity contribution is 0.0916. The van der Waals surface area contributed by atoms with E-state index in [1.807, 2.05) is 25.1 Å². The van der Waals surface area contributed by atoms with Crippen molar-refractivity contribution in [1.82, 2.24) is 5.32 Å². The van der Waals surface area contributed by atoms with Crippen LogP contribution in [0.3, 0.4) is 0 Å². The molecule has 15 heavy (non-hydrogen) atoms. The highest BCUT2D eigenvalue weighted by molar-refractivity contribution is 9.10. The Kier molecular flexibility index (Phi) is 3.10. The van der Waals surface area contributed by atoms with E-state index in [1.54, 1.807) is 0 Å². The number of rotatable bonds is 2. The van der Waals surface area contributed by atoms with Crippen LogP contribution in [0, 0.1) is 6.92 Å². The number of hydrogen-bond acceptors (Lipinski definition) is 1. The van der Waals surface area contributed by atoms with Gasteiger partial charge in [-0.2, -0.15) is 0 Å². The van der Waals surface area contributed by atoms with Crippen molar-refractivity contribution in [1.29, 1.82) is 0 Å². The first-order chi connectivity index (χ1) is 7.16. The molecule has 1 aliphatic carbocycles. The number of aryl methyl sites for hydroxylation is 1. The van der Waals surface area contributed by atoms with E-state index in [0.717, 1.165) is 28.4 Å². The Balaban J connectivity index is 2.10. The average Bonchev–Trinajstić information content (AvgIpc) is 2.11. The molecule has 1 amide bonds. The quantitative estimate of drug-likeness (QED) is 0.877. The van der Waals surface area contributed by atoms with Crippen molar-refractivity contribution in [3.05, 3.63) is 33.8 Å². The van der Waals surface area contributed by atoms with Crippen LogP contribution in [0.1, 0.15) is 35.2 Å². The molecule has 0 aromatic heterocycles. The van der Waals surface area contributed by atoms with Crippen molar-refractivity contribution in [2.75, 3.05) is 0 Å². The van der Waals surface area contributed by atoms with Crippen molar-refractivity contribution in [2.45, 2.75) is 32.2 Å². The summed E-state index contributed by atoms with van der Waals surface area (Å²) in [4.78, 5) is 11.8. The van der Waals surface area contributed by atoms with Gasteiger partial charge in [-0.1, -0.05) is 6.07 Å². The fourth-order valence-electron chi connectivity index (χ4n) is 1.62. The maximum absolute atomic E-state index is 11.8. The van der Waals surface area contributed by atoms with E-state index in [-0.39, 0.29) is 5.91 Å². The zero-order valence-electron chi connectivity index (χ0n) is 8.72. The van der Waals surface area contributed by atoms with Gasteiger partial charge in [0.1, 0.15) is 0 Å². The third-order valence-electron chi connectivity index (χ3n) is 2.81. The molecule has 1 saturated carbocycles. The van der Waals surface area contributed by atoms with Crippen LogP contribution in [0.15, 0.2) is 22.7 Å². The molecule has 0 bridgehead atoms. The first kappa shape index (κ1) is 10.7. The Morgan fingerprint density at radius 3 is 2.73 bits per heavy atom. The van der Waals surface area contributed by atoms with Crippen LogP contribution in [0.2, 0.25) is 0 Å². The molecule has 80 valence electrons. The van der Waals surface area contributed by atoms with Crippen molar-refractivity contribution in [3.63, 3.8) is 0 Å². The minimum absolute atomic E-state index is 0.0339. The zero-order chi connectivity index (χ0) is 10.8. The molecule has 1 aliphatic rings. The van der Waals surface area contributed by atoms with Crippen LogP contribution >= 0.6 is 15.9 Å². The van der Waals surface area contributed by atoms with Gasteiger partial charge >= 0.3 is 0 Å². The minimum atomic E-state index is 0.0339. The standard InChI is InChI=1S/C12H14BrNO/c1-8-5-6-10(11(13)7-8)12(15)14-9-3-2-4-9/h5-7,9H,2-4H2,1H3,(H,14,15). The zero-order valence-corrected chi connectivity index (χ0v) is 10.3. The molecule has 0 spiro atoms. The lowest BCUT2D eigenvalue weighted by Gasteiger charge is -2.26. The van der Waals surface area contributed by atoms with Crippen LogP contribution in [0.5, 0.6) is 0 Å². The second-order valence-electron chi connectivity index (χ2n) is 4.08. The second kappa shape index (κ2) is 4.35. The van der Waals surface area contributed by atoms with Crippen molar-refractivity contribution in [3.8, 4) is 0 Å². The Bertz CT molecular complexity index is 385. The summed E-state index contributed by atoms with van der Waals surface area (Å²) in [7, 11) is 0. The molecule has 0 saturated heterocycles. The largest absolute Gasteiger partial charge is 0.349 e. The van der Waals surface area contributed by atoms with Crippen LogP contribution in [0.4, 0.5) is 0 Å². The van der Waals surface area contributed by atoms with E-state index >= 15 is 0 Å². The number of nitrogens with one attached hydrogen (secondary N) is 1. The van der Waals surface area contributed by atoms with Crippen molar-refractivity contribution < 1.29 is 4.79 Å². The minimum Gasteiger partial charge on any atom is -0.349 e. The number of benzene rings is 1. The van der Waals surface area contributed by atoms with Crippen LogP contribution in [-0.4, -0.2) is 11.9 Å². The Labute approximate surface area is 98.2 Å². The molecule has 0 atom stereocenters. The van der Waals surface area contributed by atoms with Crippen molar-refractivity contribution >= 4 is 21.8 Å². The van der Waals surface area contributed by atoms with E-state index in [9.17, 15) is 4.79 Å². The maximum atomic E-state index is 11.8. The van der Waals surface area contributed by atoms with Gasteiger partial charge in [-0.3, -0.25) is 4.79 Å². The molecule has 2 rings (SSSR count). The predicted molar refractivity (Wildman–Crippen MR) is 64.0 cm³/mol. The Morgan fingerprint density at radius 2 is 2.20 bits per heavy atom. The highest BCUT2D eigenvalue weighted by Crippen LogP contribution is 2.21. The lowest BCUT2D eigenvalue weighted by atomic mass is 9.93. The second-order valence-corrected chi connectivity index (χ2v) is 4.94. The number of carbonyl (C=O) groups excluding carboxylic acids is 1. The molecule has 0 radical (unpaired) electrons. The normalized spacial score (nSPS) is 15.9. The molecular formula is C12H14BrNO. The molecule has 1 fully saturated rings. The first-order valence-corrected chi connectivity index (χ1v) is 6.03. The maximum Gasteiger partial charge on any atom is 0.252 e. The number of amides is 1. The van der Waals surface area contributed by atoms with Crippen LogP contribution < -0.4 is 5.32 Å². The highest BCUT2D eigenvalue weighted by Gasteiger charge is 2.20. The lowest BCUT2D eigenvalue weighted by Crippen LogP contribution is -2.39. The topological polar surface area (TPSA) is 29.1 Å². The third-order valence-corrected chi connectivity index (χ3v) is 3.47. The summed E-state index contributed by atoms with van der Waals surface area (Å²) in [6.07, 6.45) is 3.48. The summed E-state index contributed by atoms with van der Waals surface area (Å²) >= 11 is 3.42. The molecule has 2 nitrogen and oxygen atoms in total. The van der Waals surface area contributed by atoms with Gasteiger partial charge in [0.25, 0.3) is 5.91 Å². The van der Waals surface area contributed by atoms with Crippen LogP contribution in [-0.2, 0) is 0 Å². The summed E-state index contributed by atoms with van der Waals surface area (Å²) in [6.45, 7) is 2.01. The van der Waals surface area contributed by atoms with E-state index < -0.39 is 0 Å². The van der Waals surface area contributed by atoms with E-state index in [2.05, 4.69) is 21.2 Å². The van der Waals surface area contributed by atoms with Crippen molar-refractivity contribution in [2.24, 2.45) is 0 Å². The highest BCUT2D eigenvalue weighted by atomic mass is 79.9. The number of halogens is 1. The molecular weight excluding hydrogens is 254 g/mol. The Hall–Kier alpha value is -0.830. The summed E-state index contributed by atoms with van der Waals surface area (Å²) in [5.41, 5.74) is 1.88. The van der Waals surface area contributed by atoms with Gasteiger partial charge in [-0.05, 0) is 59.8 Å². The summed E-state index contributed by atoms with van der Waals surface area (Å²) in [5.74, 6) is 0.0339. The van der Waals surface area contributed by atoms with E-state index in [4.69, 9.17) is 0 Å². The Morgan fingerprint density at radius 1 is 1.47 bits per heavy atom. The van der Waals surface area contributed by atoms with Gasteiger partial charge in [0, 0.05) is 10.5 Å². The monoisotopic (exact) mass is 267 g/mol. The van der Waals surface area contributed by atoms with Gasteiger partial charge in [0.05, 0.1) is 5.56 Å². The fraction of sp³-hybridized carbons (Fsp3) is 0.417. The average molecular weight is 268 g/mol. The SMILES string of the molecule is Cc1ccc(C(=O)NC2CCC2)c(Br)c1. The summed E-state index contributed by atoms with van der Waals surface area (Å²) in [6, 6.07) is 6.19. The van der Waals surface area contributed by atoms with Gasteiger partial charge in [-0.25, -0.2) is 0 Å². The van der Waals surface area contributed by atoms with Crippen LogP contribution in [0.25, 0.3) is 0 Å². The molecule has 1 aromatic rings. The third kappa shape index (κ3) is 2.40. The molecule has 1 aromatic carbocycles. The molecule has 0 unspecified atom stereocenters. The van der Waals surface area contributed by atoms with Gasteiger partial charge in [0.15, 0.2) is 0 Å². The number of carbonyl (C=O) groups is 1. The molecule has 3 heteroatoms. The van der Waals surface area contributed by atoms with Gasteiger partial charge in [0.2, 0.25) is 0 Å².